The molecule has 2 heterocycles. The van der Waals surface area contributed by atoms with Crippen LogP contribution in [0.25, 0.3) is 0 Å². The van der Waals surface area contributed by atoms with Gasteiger partial charge in [0.2, 0.25) is 0 Å². The molecular weight excluding hydrogens is 817 g/mol. The summed E-state index contributed by atoms with van der Waals surface area (Å²) in [6.45, 7) is 2.55. The van der Waals surface area contributed by atoms with Crippen molar-refractivity contribution in [1.29, 1.82) is 0 Å². The molecule has 0 amide bonds. The molecule has 15 nitrogen and oxygen atoms in total. The lowest BCUT2D eigenvalue weighted by atomic mass is 9.98. The minimum absolute atomic E-state index is 0.167. The van der Waals surface area contributed by atoms with Gasteiger partial charge in [-0.05, 0) is 38.5 Å². The molecule has 15 heteroatoms. The number of rotatable bonds is 38. The topological polar surface area (TPSA) is 231 Å². The van der Waals surface area contributed by atoms with Crippen molar-refractivity contribution in [2.45, 2.75) is 255 Å². The van der Waals surface area contributed by atoms with Crippen LogP contribution in [-0.2, 0) is 38.0 Å². The number of ether oxygens (including phenoxy) is 6. The first-order valence-electron chi connectivity index (χ1n) is 24.8. The average molecular weight is 905 g/mol. The van der Waals surface area contributed by atoms with Crippen LogP contribution < -0.4 is 0 Å². The van der Waals surface area contributed by atoms with Gasteiger partial charge in [-0.15, -0.1) is 0 Å². The van der Waals surface area contributed by atoms with E-state index in [1.54, 1.807) is 0 Å². The second-order valence-electron chi connectivity index (χ2n) is 17.6. The number of aliphatic hydroxyl groups excluding tert-OH is 7. The Hall–Kier alpha value is -1.76. The summed E-state index contributed by atoms with van der Waals surface area (Å²) in [4.78, 5) is 25.6. The van der Waals surface area contributed by atoms with Gasteiger partial charge >= 0.3 is 11.9 Å². The van der Waals surface area contributed by atoms with Crippen molar-refractivity contribution in [3.63, 3.8) is 0 Å². The number of unbranched alkanes of at least 4 members (excludes halogenated alkanes) is 22. The number of carbonyl (C=O) groups excluding carboxylic acids is 2. The van der Waals surface area contributed by atoms with Gasteiger partial charge in [-0.2, -0.15) is 0 Å². The normalized spacial score (nSPS) is 26.9. The summed E-state index contributed by atoms with van der Waals surface area (Å²) < 4.78 is 33.5. The maximum Gasteiger partial charge on any atom is 0.306 e. The fraction of sp³-hybridized carbons (Fsp3) is 0.917. The maximum atomic E-state index is 13.0. The minimum atomic E-state index is -1.76. The van der Waals surface area contributed by atoms with E-state index >= 15 is 0 Å². The molecule has 2 rings (SSSR count). The second-order valence-corrected chi connectivity index (χ2v) is 17.6. The van der Waals surface area contributed by atoms with E-state index in [2.05, 4.69) is 26.0 Å². The van der Waals surface area contributed by atoms with Crippen molar-refractivity contribution in [1.82, 2.24) is 0 Å². The van der Waals surface area contributed by atoms with Crippen LogP contribution in [0.15, 0.2) is 12.2 Å². The van der Waals surface area contributed by atoms with Crippen LogP contribution in [0.3, 0.4) is 0 Å². The Balaban J connectivity index is 1.78. The number of hydrogen-bond donors (Lipinski definition) is 7. The third-order valence-corrected chi connectivity index (χ3v) is 12.0. The van der Waals surface area contributed by atoms with Gasteiger partial charge in [-0.1, -0.05) is 148 Å². The van der Waals surface area contributed by atoms with E-state index in [9.17, 15) is 45.3 Å². The van der Waals surface area contributed by atoms with E-state index in [1.165, 1.54) is 103 Å². The molecule has 2 aliphatic rings. The Morgan fingerprint density at radius 3 is 1.40 bits per heavy atom. The zero-order valence-corrected chi connectivity index (χ0v) is 38.8. The molecule has 0 aromatic heterocycles. The molecule has 0 bridgehead atoms. The summed E-state index contributed by atoms with van der Waals surface area (Å²) in [6.07, 6.45) is 16.9. The quantitative estimate of drug-likeness (QED) is 0.0208. The van der Waals surface area contributed by atoms with Gasteiger partial charge in [-0.25, -0.2) is 0 Å². The van der Waals surface area contributed by atoms with E-state index in [0.29, 0.717) is 12.8 Å². The number of aliphatic hydroxyl groups is 7. The number of carbonyl (C=O) groups is 2. The molecule has 370 valence electrons. The van der Waals surface area contributed by atoms with E-state index in [4.69, 9.17) is 28.4 Å². The average Bonchev–Trinajstić information content (AvgIpc) is 3.28. The molecule has 0 aromatic carbocycles. The highest BCUT2D eigenvalue weighted by Gasteiger charge is 2.47. The van der Waals surface area contributed by atoms with Crippen molar-refractivity contribution in [3.05, 3.63) is 12.2 Å². The molecule has 0 aromatic rings. The third kappa shape index (κ3) is 25.1. The predicted octanol–water partition coefficient (Wildman–Crippen LogP) is 6.21. The van der Waals surface area contributed by atoms with Gasteiger partial charge in [0.1, 0.15) is 55.4 Å². The molecule has 2 aliphatic heterocycles. The standard InChI is InChI=1S/C48H88O15/c1-3-5-7-9-11-13-14-15-16-17-18-19-20-21-22-23-25-27-29-31-40(51)61-36(33-58-39(50)30-28-26-24-12-10-8-6-4-2)34-59-47-46(57)44(55)42(53)38(63-47)35-60-48-45(56)43(54)41(52)37(32-49)62-48/h15-16,36-38,41-49,52-57H,3-14,17-35H2,1-2H3/b16-15+/t36-,37+,38+,41-,42-,43?,44?,45?,46?,47+,48+/m1/s1. The number of hydrogen-bond acceptors (Lipinski definition) is 15. The summed E-state index contributed by atoms with van der Waals surface area (Å²) in [5.74, 6) is -0.925. The second kappa shape index (κ2) is 36.4. The summed E-state index contributed by atoms with van der Waals surface area (Å²) >= 11 is 0. The van der Waals surface area contributed by atoms with Crippen LogP contribution in [0.2, 0.25) is 0 Å². The van der Waals surface area contributed by atoms with Crippen LogP contribution in [0.1, 0.15) is 187 Å². The van der Waals surface area contributed by atoms with Gasteiger partial charge in [0.05, 0.1) is 19.8 Å². The lowest BCUT2D eigenvalue weighted by Crippen LogP contribution is -2.61. The fourth-order valence-electron chi connectivity index (χ4n) is 7.86. The van der Waals surface area contributed by atoms with Gasteiger partial charge in [0.15, 0.2) is 18.7 Å². The van der Waals surface area contributed by atoms with Gasteiger partial charge in [-0.3, -0.25) is 9.59 Å². The van der Waals surface area contributed by atoms with E-state index in [1.807, 2.05) is 0 Å². The van der Waals surface area contributed by atoms with Crippen LogP contribution in [0.5, 0.6) is 0 Å². The first-order valence-corrected chi connectivity index (χ1v) is 24.8. The molecule has 63 heavy (non-hydrogen) atoms. The van der Waals surface area contributed by atoms with Crippen molar-refractivity contribution < 1.29 is 73.8 Å². The zero-order chi connectivity index (χ0) is 46.1. The van der Waals surface area contributed by atoms with Crippen LogP contribution in [0, 0.1) is 0 Å². The molecular formula is C48H88O15. The zero-order valence-electron chi connectivity index (χ0n) is 38.8. The Labute approximate surface area is 378 Å². The maximum absolute atomic E-state index is 13.0. The Morgan fingerprint density at radius 1 is 0.492 bits per heavy atom. The van der Waals surface area contributed by atoms with Crippen molar-refractivity contribution >= 4 is 11.9 Å². The van der Waals surface area contributed by atoms with Crippen LogP contribution in [-0.4, -0.2) is 142 Å². The van der Waals surface area contributed by atoms with Gasteiger partial charge < -0.3 is 64.2 Å². The Kier molecular flexibility index (Phi) is 33.1. The van der Waals surface area contributed by atoms with Crippen molar-refractivity contribution in [2.24, 2.45) is 0 Å². The summed E-state index contributed by atoms with van der Waals surface area (Å²) in [5, 5.41) is 71.9. The van der Waals surface area contributed by atoms with Crippen molar-refractivity contribution in [3.8, 4) is 0 Å². The first-order chi connectivity index (χ1) is 30.5. The lowest BCUT2D eigenvalue weighted by molar-refractivity contribution is -0.332. The summed E-state index contributed by atoms with van der Waals surface area (Å²) in [7, 11) is 0. The summed E-state index contributed by atoms with van der Waals surface area (Å²) in [5.41, 5.74) is 0. The predicted molar refractivity (Wildman–Crippen MR) is 238 cm³/mol. The van der Waals surface area contributed by atoms with Crippen LogP contribution >= 0.6 is 0 Å². The molecule has 11 atom stereocenters. The fourth-order valence-corrected chi connectivity index (χ4v) is 7.86. The highest BCUT2D eigenvalue weighted by Crippen LogP contribution is 2.26. The van der Waals surface area contributed by atoms with E-state index in [0.717, 1.165) is 44.9 Å². The number of esters is 2. The van der Waals surface area contributed by atoms with Gasteiger partial charge in [0, 0.05) is 12.8 Å². The first kappa shape index (κ1) is 57.4. The van der Waals surface area contributed by atoms with Gasteiger partial charge in [0.25, 0.3) is 0 Å². The molecule has 4 unspecified atom stereocenters. The molecule has 0 spiro atoms. The smallest absolute Gasteiger partial charge is 0.306 e. The minimum Gasteiger partial charge on any atom is -0.462 e. The molecule has 0 radical (unpaired) electrons. The summed E-state index contributed by atoms with van der Waals surface area (Å²) in [6, 6.07) is 0. The largest absolute Gasteiger partial charge is 0.462 e. The molecule has 0 aliphatic carbocycles. The highest BCUT2D eigenvalue weighted by atomic mass is 16.7. The Bertz CT molecular complexity index is 1160. The molecule has 0 saturated carbocycles. The van der Waals surface area contributed by atoms with Crippen molar-refractivity contribution in [2.75, 3.05) is 26.4 Å². The third-order valence-electron chi connectivity index (χ3n) is 12.0. The number of allylic oxidation sites excluding steroid dienone is 2. The van der Waals surface area contributed by atoms with E-state index in [-0.39, 0.29) is 26.1 Å². The molecule has 2 fully saturated rings. The molecule has 7 N–H and O–H groups in total. The van der Waals surface area contributed by atoms with E-state index < -0.39 is 92.7 Å². The molecule has 2 saturated heterocycles. The highest BCUT2D eigenvalue weighted by molar-refractivity contribution is 5.70. The van der Waals surface area contributed by atoms with Crippen LogP contribution in [0.4, 0.5) is 0 Å². The SMILES string of the molecule is CCCCCCCC/C=C/CCCCCCCCCCCC(=O)O[C@H](COC(=O)CCCCCCCCCC)CO[C@H]1O[C@@H](CO[C@H]2O[C@@H](CO)[C@@H](O)C(O)C2O)[C@@H](O)C(O)C1O. The lowest BCUT2D eigenvalue weighted by Gasteiger charge is -2.42. The Morgan fingerprint density at radius 2 is 0.905 bits per heavy atom. The monoisotopic (exact) mass is 905 g/mol.